The monoisotopic (exact) mass is 325 g/mol. The van der Waals surface area contributed by atoms with Gasteiger partial charge in [0.1, 0.15) is 0 Å². The summed E-state index contributed by atoms with van der Waals surface area (Å²) in [4.78, 5) is 17.0. The molecule has 2 aromatic carbocycles. The number of fused-ring (bicyclic) bond motifs is 1. The van der Waals surface area contributed by atoms with Gasteiger partial charge in [0, 0.05) is 11.1 Å². The number of aliphatic imine (C=N–C) groups is 1. The topological polar surface area (TPSA) is 91.5 Å². The highest BCUT2D eigenvalue weighted by Gasteiger charge is 2.25. The summed E-state index contributed by atoms with van der Waals surface area (Å²) in [6, 6.07) is 17.2. The van der Waals surface area contributed by atoms with Crippen molar-refractivity contribution in [2.45, 2.75) is 6.17 Å². The summed E-state index contributed by atoms with van der Waals surface area (Å²) in [6.45, 7) is 0. The van der Waals surface area contributed by atoms with Gasteiger partial charge in [0.05, 0.1) is 11.4 Å². The number of anilines is 1. The van der Waals surface area contributed by atoms with Crippen molar-refractivity contribution in [1.29, 1.82) is 0 Å². The van der Waals surface area contributed by atoms with Gasteiger partial charge >= 0.3 is 0 Å². The first kappa shape index (κ1) is 15.1. The van der Waals surface area contributed by atoms with Gasteiger partial charge in [-0.25, -0.2) is 10.8 Å². The van der Waals surface area contributed by atoms with Gasteiger partial charge in [-0.15, -0.1) is 0 Å². The normalized spacial score (nSPS) is 16.5. The van der Waals surface area contributed by atoms with E-state index in [4.69, 9.17) is 18.1 Å². The van der Waals surface area contributed by atoms with Crippen molar-refractivity contribution in [3.8, 4) is 0 Å². The Bertz CT molecular complexity index is 775. The maximum absolute atomic E-state index is 12.4. The van der Waals surface area contributed by atoms with Gasteiger partial charge < -0.3 is 16.1 Å². The van der Waals surface area contributed by atoms with E-state index in [1.54, 1.807) is 0 Å². The highest BCUT2D eigenvalue weighted by molar-refractivity contribution is 7.80. The lowest BCUT2D eigenvalue weighted by molar-refractivity contribution is -0.117. The number of thiocarbonyl (C=S) groups is 1. The fourth-order valence-corrected chi connectivity index (χ4v) is 2.46. The maximum atomic E-state index is 12.4. The molecule has 1 unspecified atom stereocenters. The van der Waals surface area contributed by atoms with Gasteiger partial charge in [-0.3, -0.25) is 4.79 Å². The number of para-hydroxylation sites is 1. The third kappa shape index (κ3) is 3.20. The lowest BCUT2D eigenvalue weighted by Gasteiger charge is -2.14. The van der Waals surface area contributed by atoms with Crippen molar-refractivity contribution >= 4 is 34.6 Å². The van der Waals surface area contributed by atoms with E-state index in [1.165, 1.54) is 0 Å². The molecule has 0 saturated heterocycles. The van der Waals surface area contributed by atoms with Gasteiger partial charge in [0.25, 0.3) is 5.91 Å². The van der Waals surface area contributed by atoms with Crippen LogP contribution in [0.2, 0.25) is 0 Å². The summed E-state index contributed by atoms with van der Waals surface area (Å²) in [6.07, 6.45) is -0.874. The Morgan fingerprint density at radius 3 is 2.57 bits per heavy atom. The largest absolute Gasteiger partial charge is 0.332 e. The van der Waals surface area contributed by atoms with E-state index in [9.17, 15) is 4.79 Å². The Kier molecular flexibility index (Phi) is 4.31. The van der Waals surface area contributed by atoms with Crippen LogP contribution in [0.3, 0.4) is 0 Å². The number of carbonyl (C=O) groups is 1. The molecule has 1 heterocycles. The molecular weight excluding hydrogens is 310 g/mol. The average Bonchev–Trinajstić information content (AvgIpc) is 2.72. The SMILES string of the molecule is NNC(=S)NC1N=C(c2ccccc2)c2ccccc2NC1=O. The maximum Gasteiger partial charge on any atom is 0.269 e. The first-order chi connectivity index (χ1) is 11.2. The second kappa shape index (κ2) is 6.55. The van der Waals surface area contributed by atoms with Crippen LogP contribution in [0.4, 0.5) is 5.69 Å². The van der Waals surface area contributed by atoms with Crippen LogP contribution < -0.4 is 21.9 Å². The molecule has 0 aliphatic carbocycles. The third-order valence-electron chi connectivity index (χ3n) is 3.39. The van der Waals surface area contributed by atoms with Crippen molar-refractivity contribution in [2.75, 3.05) is 5.32 Å². The summed E-state index contributed by atoms with van der Waals surface area (Å²) in [7, 11) is 0. The second-order valence-corrected chi connectivity index (χ2v) is 5.31. The van der Waals surface area contributed by atoms with Crippen LogP contribution in [0, 0.1) is 0 Å². The molecule has 1 aliphatic rings. The van der Waals surface area contributed by atoms with Crippen molar-refractivity contribution in [2.24, 2.45) is 10.8 Å². The quantitative estimate of drug-likeness (QED) is 0.378. The molecule has 2 aromatic rings. The number of nitrogens with one attached hydrogen (secondary N) is 3. The van der Waals surface area contributed by atoms with Crippen molar-refractivity contribution in [1.82, 2.24) is 10.7 Å². The van der Waals surface area contributed by atoms with Crippen LogP contribution in [0.15, 0.2) is 59.6 Å². The van der Waals surface area contributed by atoms with Gasteiger partial charge in [-0.2, -0.15) is 0 Å². The second-order valence-electron chi connectivity index (χ2n) is 4.90. The minimum absolute atomic E-state index is 0.146. The standard InChI is InChI=1S/C16H15N5OS/c17-21-16(23)20-14-15(22)18-12-9-5-4-8-11(12)13(19-14)10-6-2-1-3-7-10/h1-9,14H,17H2,(H,18,22)(H2,20,21,23). The molecule has 1 aliphatic heterocycles. The zero-order valence-corrected chi connectivity index (χ0v) is 12.9. The number of hydrazine groups is 1. The van der Waals surface area contributed by atoms with Crippen LogP contribution in [-0.4, -0.2) is 22.9 Å². The van der Waals surface area contributed by atoms with Crippen LogP contribution in [0.1, 0.15) is 11.1 Å². The van der Waals surface area contributed by atoms with Crippen LogP contribution in [0.25, 0.3) is 0 Å². The number of carbonyl (C=O) groups excluding carboxylic acids is 1. The minimum atomic E-state index is -0.874. The Hall–Kier alpha value is -2.77. The molecular formula is C16H15N5OS. The fraction of sp³-hybridized carbons (Fsp3) is 0.0625. The Morgan fingerprint density at radius 2 is 1.83 bits per heavy atom. The molecule has 23 heavy (non-hydrogen) atoms. The molecule has 7 heteroatoms. The van der Waals surface area contributed by atoms with Gasteiger partial charge in [0.15, 0.2) is 5.11 Å². The first-order valence-electron chi connectivity index (χ1n) is 6.99. The summed E-state index contributed by atoms with van der Waals surface area (Å²) in [5.41, 5.74) is 5.47. The Balaban J connectivity index is 2.11. The van der Waals surface area contributed by atoms with E-state index in [1.807, 2.05) is 54.6 Å². The van der Waals surface area contributed by atoms with Crippen LogP contribution >= 0.6 is 12.2 Å². The minimum Gasteiger partial charge on any atom is -0.332 e. The molecule has 116 valence electrons. The molecule has 0 saturated carbocycles. The number of nitrogens with zero attached hydrogens (tertiary/aromatic N) is 1. The fourth-order valence-electron chi connectivity index (χ4n) is 2.35. The Morgan fingerprint density at radius 1 is 1.13 bits per heavy atom. The smallest absolute Gasteiger partial charge is 0.269 e. The molecule has 6 nitrogen and oxygen atoms in total. The number of hydrogen-bond donors (Lipinski definition) is 4. The van der Waals surface area contributed by atoms with Crippen molar-refractivity contribution in [3.63, 3.8) is 0 Å². The predicted molar refractivity (Wildman–Crippen MR) is 94.0 cm³/mol. The summed E-state index contributed by atoms with van der Waals surface area (Å²) in [5, 5.41) is 5.79. The molecule has 5 N–H and O–H groups in total. The van der Waals surface area contributed by atoms with Crippen molar-refractivity contribution in [3.05, 3.63) is 65.7 Å². The molecule has 0 bridgehead atoms. The molecule has 1 amide bonds. The van der Waals surface area contributed by atoms with E-state index >= 15 is 0 Å². The zero-order valence-electron chi connectivity index (χ0n) is 12.1. The van der Waals surface area contributed by atoms with E-state index in [0.29, 0.717) is 11.4 Å². The number of nitrogens with two attached hydrogens (primary N) is 1. The van der Waals surface area contributed by atoms with E-state index in [0.717, 1.165) is 11.1 Å². The summed E-state index contributed by atoms with van der Waals surface area (Å²) in [5.74, 6) is 4.97. The molecule has 0 spiro atoms. The molecule has 1 atom stereocenters. The number of benzodiazepines with no additional fused rings is 1. The summed E-state index contributed by atoms with van der Waals surface area (Å²) < 4.78 is 0. The Labute approximate surface area is 138 Å². The molecule has 3 rings (SSSR count). The highest BCUT2D eigenvalue weighted by atomic mass is 32.1. The van der Waals surface area contributed by atoms with E-state index < -0.39 is 6.17 Å². The lowest BCUT2D eigenvalue weighted by atomic mass is 10.0. The van der Waals surface area contributed by atoms with Crippen molar-refractivity contribution < 1.29 is 4.79 Å². The van der Waals surface area contributed by atoms with E-state index in [2.05, 4.69) is 21.1 Å². The van der Waals surface area contributed by atoms with Crippen LogP contribution in [-0.2, 0) is 4.79 Å². The molecule has 0 radical (unpaired) electrons. The van der Waals surface area contributed by atoms with Gasteiger partial charge in [-0.05, 0) is 18.3 Å². The number of benzene rings is 2. The molecule has 0 fully saturated rings. The predicted octanol–water partition coefficient (Wildman–Crippen LogP) is 1.14. The van der Waals surface area contributed by atoms with E-state index in [-0.39, 0.29) is 11.0 Å². The number of rotatable bonds is 2. The third-order valence-corrected chi connectivity index (χ3v) is 3.63. The van der Waals surface area contributed by atoms with Gasteiger partial charge in [0.2, 0.25) is 6.17 Å². The number of amides is 1. The highest BCUT2D eigenvalue weighted by Crippen LogP contribution is 2.23. The molecule has 0 aromatic heterocycles. The number of hydrogen-bond acceptors (Lipinski definition) is 4. The van der Waals surface area contributed by atoms with Crippen LogP contribution in [0.5, 0.6) is 0 Å². The lowest BCUT2D eigenvalue weighted by Crippen LogP contribution is -2.48. The van der Waals surface area contributed by atoms with Gasteiger partial charge in [-0.1, -0.05) is 48.5 Å². The average molecular weight is 325 g/mol. The first-order valence-corrected chi connectivity index (χ1v) is 7.40. The zero-order chi connectivity index (χ0) is 16.2. The summed E-state index contributed by atoms with van der Waals surface area (Å²) >= 11 is 4.98.